The molecule has 10 nitrogen and oxygen atoms in total. The molecule has 0 radical (unpaired) electrons. The predicted molar refractivity (Wildman–Crippen MR) is 109 cm³/mol. The van der Waals surface area contributed by atoms with Gasteiger partial charge in [0.25, 0.3) is 0 Å². The Hall–Kier alpha value is -2.66. The Morgan fingerprint density at radius 3 is 2.53 bits per heavy atom. The number of methoxy groups -OCH3 is 2. The third-order valence-electron chi connectivity index (χ3n) is 4.20. The van der Waals surface area contributed by atoms with E-state index in [4.69, 9.17) is 14.0 Å². The van der Waals surface area contributed by atoms with Gasteiger partial charge in [-0.25, -0.2) is 13.1 Å². The molecule has 2 rings (SSSR count). The zero-order chi connectivity index (χ0) is 22.1. The molecular formula is C19H28N4O6S. The molecule has 11 heteroatoms. The quantitative estimate of drug-likeness (QED) is 0.476. The first-order valence-corrected chi connectivity index (χ1v) is 11.1. The Morgan fingerprint density at radius 2 is 1.90 bits per heavy atom. The van der Waals surface area contributed by atoms with Crippen LogP contribution in [0, 0.1) is 0 Å². The number of amides is 1. The summed E-state index contributed by atoms with van der Waals surface area (Å²) in [4.78, 5) is 16.2. The van der Waals surface area contributed by atoms with Gasteiger partial charge in [0, 0.05) is 37.9 Å². The highest BCUT2D eigenvalue weighted by molar-refractivity contribution is 7.89. The first-order chi connectivity index (χ1) is 14.3. The molecule has 0 aliphatic heterocycles. The Kier molecular flexibility index (Phi) is 8.60. The van der Waals surface area contributed by atoms with Crippen LogP contribution in [0.2, 0.25) is 0 Å². The molecule has 1 aromatic carbocycles. The zero-order valence-electron chi connectivity index (χ0n) is 17.6. The summed E-state index contributed by atoms with van der Waals surface area (Å²) >= 11 is 0. The van der Waals surface area contributed by atoms with Crippen LogP contribution in [0.1, 0.15) is 44.3 Å². The molecule has 1 aromatic heterocycles. The van der Waals surface area contributed by atoms with Crippen LogP contribution in [0.3, 0.4) is 0 Å². The summed E-state index contributed by atoms with van der Waals surface area (Å²) in [7, 11) is -0.882. The zero-order valence-corrected chi connectivity index (χ0v) is 18.4. The number of aromatic nitrogens is 2. The van der Waals surface area contributed by atoms with Crippen molar-refractivity contribution in [2.45, 2.75) is 43.9 Å². The molecule has 0 spiro atoms. The topological polar surface area (TPSA) is 133 Å². The maximum atomic E-state index is 12.4. The number of rotatable bonds is 12. The lowest BCUT2D eigenvalue weighted by Gasteiger charge is -2.11. The van der Waals surface area contributed by atoms with E-state index in [1.165, 1.54) is 32.4 Å². The maximum Gasteiger partial charge on any atom is 0.240 e. The summed E-state index contributed by atoms with van der Waals surface area (Å²) in [6.45, 7) is 4.37. The second-order valence-electron chi connectivity index (χ2n) is 6.82. The number of hydrogen-bond acceptors (Lipinski definition) is 8. The van der Waals surface area contributed by atoms with E-state index in [1.54, 1.807) is 0 Å². The van der Waals surface area contributed by atoms with Crippen LogP contribution in [-0.4, -0.2) is 51.8 Å². The minimum atomic E-state index is -3.77. The Bertz CT molecular complexity index is 942. The van der Waals surface area contributed by atoms with E-state index in [9.17, 15) is 13.2 Å². The van der Waals surface area contributed by atoms with Crippen molar-refractivity contribution >= 4 is 15.9 Å². The van der Waals surface area contributed by atoms with Crippen LogP contribution >= 0.6 is 0 Å². The second-order valence-corrected chi connectivity index (χ2v) is 8.59. The number of hydrogen-bond donors (Lipinski definition) is 2. The molecule has 0 atom stereocenters. The molecule has 166 valence electrons. The van der Waals surface area contributed by atoms with Gasteiger partial charge in [0.15, 0.2) is 17.3 Å². The maximum absolute atomic E-state index is 12.4. The van der Waals surface area contributed by atoms with Gasteiger partial charge in [-0.3, -0.25) is 4.79 Å². The number of ether oxygens (including phenoxy) is 2. The van der Waals surface area contributed by atoms with E-state index in [1.807, 2.05) is 13.8 Å². The summed E-state index contributed by atoms with van der Waals surface area (Å²) in [5.41, 5.74) is 0. The Balaban J connectivity index is 1.72. The van der Waals surface area contributed by atoms with E-state index in [2.05, 4.69) is 20.2 Å². The minimum Gasteiger partial charge on any atom is -0.493 e. The van der Waals surface area contributed by atoms with Gasteiger partial charge >= 0.3 is 0 Å². The summed E-state index contributed by atoms with van der Waals surface area (Å²) < 4.78 is 42.5. The average Bonchev–Trinajstić information content (AvgIpc) is 3.20. The highest BCUT2D eigenvalue weighted by Crippen LogP contribution is 2.29. The number of sulfonamides is 1. The lowest BCUT2D eigenvalue weighted by Crippen LogP contribution is -2.31. The predicted octanol–water partition coefficient (Wildman–Crippen LogP) is 1.63. The fraction of sp³-hybridized carbons (Fsp3) is 0.526. The van der Waals surface area contributed by atoms with E-state index in [0.717, 1.165) is 0 Å². The van der Waals surface area contributed by atoms with Crippen molar-refractivity contribution in [1.82, 2.24) is 20.2 Å². The minimum absolute atomic E-state index is 0.0184. The van der Waals surface area contributed by atoms with E-state index < -0.39 is 10.0 Å². The fourth-order valence-electron chi connectivity index (χ4n) is 2.53. The molecule has 0 saturated carbocycles. The molecule has 0 saturated heterocycles. The molecule has 0 bridgehead atoms. The molecule has 1 heterocycles. The number of benzene rings is 1. The van der Waals surface area contributed by atoms with Crippen molar-refractivity contribution in [3.8, 4) is 11.5 Å². The van der Waals surface area contributed by atoms with Gasteiger partial charge in [-0.2, -0.15) is 4.98 Å². The molecule has 0 aliphatic carbocycles. The molecule has 2 N–H and O–H groups in total. The molecule has 2 aromatic rings. The van der Waals surface area contributed by atoms with Crippen molar-refractivity contribution < 1.29 is 27.2 Å². The van der Waals surface area contributed by atoms with Gasteiger partial charge in [0.05, 0.1) is 19.1 Å². The Labute approximate surface area is 176 Å². The fourth-order valence-corrected chi connectivity index (χ4v) is 3.57. The SMILES string of the molecule is COc1ccc(S(=O)(=O)NCCC(=O)NCCCc2nc(C(C)C)no2)cc1OC. The first-order valence-electron chi connectivity index (χ1n) is 9.57. The molecular weight excluding hydrogens is 412 g/mol. The third-order valence-corrected chi connectivity index (χ3v) is 5.66. The number of aryl methyl sites for hydroxylation is 1. The summed E-state index contributed by atoms with van der Waals surface area (Å²) in [6.07, 6.45) is 1.22. The number of carbonyl (C=O) groups excluding carboxylic acids is 1. The van der Waals surface area contributed by atoms with Gasteiger partial charge < -0.3 is 19.3 Å². The lowest BCUT2D eigenvalue weighted by atomic mass is 10.2. The molecule has 30 heavy (non-hydrogen) atoms. The van der Waals surface area contributed by atoms with Crippen LogP contribution in [0.15, 0.2) is 27.6 Å². The summed E-state index contributed by atoms with van der Waals surface area (Å²) in [5, 5.41) is 6.63. The third kappa shape index (κ3) is 6.70. The molecule has 0 fully saturated rings. The molecule has 1 amide bonds. The van der Waals surface area contributed by atoms with Gasteiger partial charge in [-0.05, 0) is 18.6 Å². The second kappa shape index (κ2) is 10.9. The van der Waals surface area contributed by atoms with Crippen LogP contribution in [0.5, 0.6) is 11.5 Å². The van der Waals surface area contributed by atoms with E-state index in [0.29, 0.717) is 42.6 Å². The van der Waals surface area contributed by atoms with Gasteiger partial charge in [0.2, 0.25) is 21.8 Å². The van der Waals surface area contributed by atoms with Gasteiger partial charge in [0.1, 0.15) is 0 Å². The van der Waals surface area contributed by atoms with Crippen LogP contribution in [-0.2, 0) is 21.2 Å². The average molecular weight is 441 g/mol. The Morgan fingerprint density at radius 1 is 1.17 bits per heavy atom. The van der Waals surface area contributed by atoms with Crippen molar-refractivity contribution in [3.63, 3.8) is 0 Å². The van der Waals surface area contributed by atoms with Crippen molar-refractivity contribution in [2.24, 2.45) is 0 Å². The first kappa shape index (κ1) is 23.6. The monoisotopic (exact) mass is 440 g/mol. The van der Waals surface area contributed by atoms with Gasteiger partial charge in [-0.1, -0.05) is 19.0 Å². The number of carbonyl (C=O) groups is 1. The van der Waals surface area contributed by atoms with Crippen molar-refractivity contribution in [1.29, 1.82) is 0 Å². The molecule has 0 aliphatic rings. The van der Waals surface area contributed by atoms with Crippen LogP contribution in [0.25, 0.3) is 0 Å². The molecule has 0 unspecified atom stereocenters. The van der Waals surface area contributed by atoms with Crippen LogP contribution in [0.4, 0.5) is 0 Å². The van der Waals surface area contributed by atoms with Gasteiger partial charge in [-0.15, -0.1) is 0 Å². The normalized spacial score (nSPS) is 11.5. The summed E-state index contributed by atoms with van der Waals surface area (Å²) in [5.74, 6) is 1.88. The van der Waals surface area contributed by atoms with Crippen molar-refractivity contribution in [2.75, 3.05) is 27.3 Å². The largest absolute Gasteiger partial charge is 0.493 e. The van der Waals surface area contributed by atoms with E-state index in [-0.39, 0.29) is 29.7 Å². The van der Waals surface area contributed by atoms with E-state index >= 15 is 0 Å². The number of nitrogens with one attached hydrogen (secondary N) is 2. The standard InChI is InChI=1S/C19H28N4O6S/c1-13(2)19-22-18(29-23-19)6-5-10-20-17(24)9-11-21-30(25,26)14-7-8-15(27-3)16(12-14)28-4/h7-8,12-13,21H,5-6,9-11H2,1-4H3,(H,20,24). The highest BCUT2D eigenvalue weighted by Gasteiger charge is 2.17. The summed E-state index contributed by atoms with van der Waals surface area (Å²) in [6, 6.07) is 4.28. The highest BCUT2D eigenvalue weighted by atomic mass is 32.2. The van der Waals surface area contributed by atoms with Crippen molar-refractivity contribution in [3.05, 3.63) is 29.9 Å². The van der Waals surface area contributed by atoms with Crippen LogP contribution < -0.4 is 19.5 Å². The smallest absolute Gasteiger partial charge is 0.240 e. The lowest BCUT2D eigenvalue weighted by molar-refractivity contribution is -0.120. The number of nitrogens with zero attached hydrogens (tertiary/aromatic N) is 2.